The molecule has 0 aliphatic heterocycles. The molecule has 1 aromatic carbocycles. The van der Waals surface area contributed by atoms with Gasteiger partial charge in [-0.2, -0.15) is 0 Å². The maximum atomic E-state index is 12.4. The summed E-state index contributed by atoms with van der Waals surface area (Å²) >= 11 is 0. The number of aryl methyl sites for hydroxylation is 1. The zero-order valence-electron chi connectivity index (χ0n) is 12.7. The molecule has 0 bridgehead atoms. The number of rotatable bonds is 4. The molecule has 0 radical (unpaired) electrons. The first-order valence-corrected chi connectivity index (χ1v) is 7.13. The van der Waals surface area contributed by atoms with E-state index in [1.807, 2.05) is 31.2 Å². The second-order valence-corrected chi connectivity index (χ2v) is 5.26. The van der Waals surface area contributed by atoms with Crippen LogP contribution in [-0.2, 0) is 4.79 Å². The molecule has 0 saturated heterocycles. The number of fused-ring (bicyclic) bond motifs is 1. The minimum atomic E-state index is -1.20. The molecular formula is C16H14N4O4. The lowest BCUT2D eigenvalue weighted by molar-refractivity contribution is -0.135. The van der Waals surface area contributed by atoms with Crippen molar-refractivity contribution in [1.82, 2.24) is 19.9 Å². The summed E-state index contributed by atoms with van der Waals surface area (Å²) in [5, 5.41) is 13.7. The highest BCUT2D eigenvalue weighted by Crippen LogP contribution is 2.20. The Hall–Kier alpha value is -3.42. The number of carbonyl (C=O) groups is 2. The van der Waals surface area contributed by atoms with Crippen molar-refractivity contribution in [2.24, 2.45) is 0 Å². The van der Waals surface area contributed by atoms with Crippen LogP contribution < -0.4 is 10.7 Å². The van der Waals surface area contributed by atoms with Gasteiger partial charge in [0.1, 0.15) is 18.4 Å². The molecular weight excluding hydrogens is 312 g/mol. The molecule has 24 heavy (non-hydrogen) atoms. The Morgan fingerprint density at radius 1 is 1.33 bits per heavy atom. The number of nitrogens with zero attached hydrogens (tertiary/aromatic N) is 2. The first-order chi connectivity index (χ1) is 11.5. The second-order valence-electron chi connectivity index (χ2n) is 5.26. The number of pyridine rings is 1. The number of hydrogen-bond donors (Lipinski definition) is 3. The fourth-order valence-corrected chi connectivity index (χ4v) is 2.47. The van der Waals surface area contributed by atoms with Crippen molar-refractivity contribution in [3.05, 3.63) is 58.0 Å². The molecule has 122 valence electrons. The van der Waals surface area contributed by atoms with Crippen molar-refractivity contribution in [2.45, 2.75) is 6.92 Å². The van der Waals surface area contributed by atoms with Gasteiger partial charge in [0.25, 0.3) is 5.91 Å². The molecule has 3 N–H and O–H groups in total. The zero-order valence-corrected chi connectivity index (χ0v) is 12.7. The summed E-state index contributed by atoms with van der Waals surface area (Å²) < 4.78 is 1.52. The van der Waals surface area contributed by atoms with Gasteiger partial charge in [-0.15, -0.1) is 0 Å². The zero-order chi connectivity index (χ0) is 17.3. The van der Waals surface area contributed by atoms with E-state index in [1.165, 1.54) is 16.9 Å². The van der Waals surface area contributed by atoms with Crippen LogP contribution in [0.25, 0.3) is 16.9 Å². The van der Waals surface area contributed by atoms with Crippen molar-refractivity contribution >= 4 is 17.5 Å². The van der Waals surface area contributed by atoms with Crippen LogP contribution in [0.4, 0.5) is 0 Å². The summed E-state index contributed by atoms with van der Waals surface area (Å²) in [6.07, 6.45) is 1.36. The molecule has 0 spiro atoms. The van der Waals surface area contributed by atoms with Crippen molar-refractivity contribution in [2.75, 3.05) is 6.54 Å². The van der Waals surface area contributed by atoms with Crippen LogP contribution in [0.2, 0.25) is 0 Å². The SMILES string of the molecule is Cc1cccc(-c2cc(=O)c(C(=O)NCC(=O)O)c3nc[nH]n23)c1. The highest BCUT2D eigenvalue weighted by atomic mass is 16.4. The van der Waals surface area contributed by atoms with Crippen molar-refractivity contribution in [1.29, 1.82) is 0 Å². The minimum Gasteiger partial charge on any atom is -0.480 e. The predicted octanol–water partition coefficient (Wildman–Crippen LogP) is 0.812. The lowest BCUT2D eigenvalue weighted by atomic mass is 10.1. The van der Waals surface area contributed by atoms with Crippen LogP contribution in [-0.4, -0.2) is 38.1 Å². The van der Waals surface area contributed by atoms with E-state index < -0.39 is 23.9 Å². The fraction of sp³-hybridized carbons (Fsp3) is 0.125. The van der Waals surface area contributed by atoms with Crippen LogP contribution >= 0.6 is 0 Å². The van der Waals surface area contributed by atoms with Crippen LogP contribution in [0.1, 0.15) is 15.9 Å². The Kier molecular flexibility index (Phi) is 3.87. The highest BCUT2D eigenvalue weighted by molar-refractivity contribution is 6.01. The third-order valence-electron chi connectivity index (χ3n) is 3.51. The van der Waals surface area contributed by atoms with E-state index in [0.717, 1.165) is 11.1 Å². The van der Waals surface area contributed by atoms with Crippen molar-refractivity contribution in [3.8, 4) is 11.3 Å². The molecule has 1 amide bonds. The first-order valence-electron chi connectivity index (χ1n) is 7.13. The largest absolute Gasteiger partial charge is 0.480 e. The number of aliphatic carboxylic acids is 1. The number of aromatic nitrogens is 3. The molecule has 0 aliphatic carbocycles. The molecule has 0 aliphatic rings. The predicted molar refractivity (Wildman–Crippen MR) is 86.0 cm³/mol. The average molecular weight is 326 g/mol. The van der Waals surface area contributed by atoms with E-state index >= 15 is 0 Å². The number of benzene rings is 1. The lowest BCUT2D eigenvalue weighted by Gasteiger charge is -2.09. The molecule has 8 nitrogen and oxygen atoms in total. The van der Waals surface area contributed by atoms with Crippen LogP contribution in [0.5, 0.6) is 0 Å². The van der Waals surface area contributed by atoms with Crippen molar-refractivity contribution in [3.63, 3.8) is 0 Å². The number of carboxylic acid groups (broad SMARTS) is 1. The standard InChI is InChI=1S/C16H14N4O4/c1-9-3-2-4-10(5-9)11-6-12(21)14(15-18-8-19-20(11)15)16(24)17-7-13(22)23/h2-6,8H,7H2,1H3,(H,17,24)(H,18,19)(H,22,23). The van der Waals surface area contributed by atoms with Crippen molar-refractivity contribution < 1.29 is 14.7 Å². The van der Waals surface area contributed by atoms with Gasteiger partial charge in [0.2, 0.25) is 0 Å². The summed E-state index contributed by atoms with van der Waals surface area (Å²) in [5.74, 6) is -1.97. The van der Waals surface area contributed by atoms with Gasteiger partial charge in [-0.3, -0.25) is 19.5 Å². The third-order valence-corrected chi connectivity index (χ3v) is 3.51. The van der Waals surface area contributed by atoms with Gasteiger partial charge >= 0.3 is 5.97 Å². The van der Waals surface area contributed by atoms with Gasteiger partial charge in [-0.05, 0) is 13.0 Å². The number of amides is 1. The first kappa shape index (κ1) is 15.5. The Bertz CT molecular complexity index is 1000. The Morgan fingerprint density at radius 2 is 2.12 bits per heavy atom. The molecule has 8 heteroatoms. The van der Waals surface area contributed by atoms with E-state index in [9.17, 15) is 14.4 Å². The molecule has 3 rings (SSSR count). The van der Waals surface area contributed by atoms with E-state index in [1.54, 1.807) is 0 Å². The number of hydrogen-bond acceptors (Lipinski definition) is 4. The topological polar surface area (TPSA) is 117 Å². The molecule has 0 unspecified atom stereocenters. The van der Waals surface area contributed by atoms with Crippen LogP contribution in [0.3, 0.4) is 0 Å². The van der Waals surface area contributed by atoms with Gasteiger partial charge in [-0.25, -0.2) is 9.50 Å². The maximum absolute atomic E-state index is 12.4. The number of H-pyrrole nitrogens is 1. The van der Waals surface area contributed by atoms with E-state index in [0.29, 0.717) is 5.69 Å². The summed E-state index contributed by atoms with van der Waals surface area (Å²) in [6, 6.07) is 8.89. The van der Waals surface area contributed by atoms with E-state index in [-0.39, 0.29) is 11.2 Å². The fourth-order valence-electron chi connectivity index (χ4n) is 2.47. The summed E-state index contributed by atoms with van der Waals surface area (Å²) in [5.41, 5.74) is 1.80. The monoisotopic (exact) mass is 326 g/mol. The normalized spacial score (nSPS) is 10.7. The molecule has 0 atom stereocenters. The number of aromatic amines is 1. The van der Waals surface area contributed by atoms with Gasteiger partial charge in [0.15, 0.2) is 11.1 Å². The van der Waals surface area contributed by atoms with Gasteiger partial charge in [-0.1, -0.05) is 23.8 Å². The third kappa shape index (κ3) is 2.76. The second kappa shape index (κ2) is 5.99. The minimum absolute atomic E-state index is 0.141. The molecule has 2 aromatic heterocycles. The summed E-state index contributed by atoms with van der Waals surface area (Å²) in [7, 11) is 0. The van der Waals surface area contributed by atoms with Crippen LogP contribution in [0, 0.1) is 6.92 Å². The smallest absolute Gasteiger partial charge is 0.322 e. The van der Waals surface area contributed by atoms with Crippen LogP contribution in [0.15, 0.2) is 41.5 Å². The average Bonchev–Trinajstić information content (AvgIpc) is 3.01. The molecule has 0 saturated carbocycles. The van der Waals surface area contributed by atoms with Gasteiger partial charge < -0.3 is 10.4 Å². The molecule has 2 heterocycles. The number of carboxylic acids is 1. The number of nitrogens with one attached hydrogen (secondary N) is 2. The van der Waals surface area contributed by atoms with E-state index in [2.05, 4.69) is 15.4 Å². The number of carbonyl (C=O) groups excluding carboxylic acids is 1. The highest BCUT2D eigenvalue weighted by Gasteiger charge is 2.20. The molecule has 3 aromatic rings. The van der Waals surface area contributed by atoms with Gasteiger partial charge in [0, 0.05) is 11.6 Å². The lowest BCUT2D eigenvalue weighted by Crippen LogP contribution is -2.33. The Labute approximate surface area is 135 Å². The maximum Gasteiger partial charge on any atom is 0.322 e. The van der Waals surface area contributed by atoms with E-state index in [4.69, 9.17) is 5.11 Å². The molecule has 0 fully saturated rings. The Balaban J connectivity index is 2.15. The summed E-state index contributed by atoms with van der Waals surface area (Å²) in [4.78, 5) is 39.2. The summed E-state index contributed by atoms with van der Waals surface area (Å²) in [6.45, 7) is 1.36. The van der Waals surface area contributed by atoms with Gasteiger partial charge in [0.05, 0.1) is 5.69 Å². The Morgan fingerprint density at radius 3 is 2.83 bits per heavy atom. The quantitative estimate of drug-likeness (QED) is 0.656.